The van der Waals surface area contributed by atoms with Crippen LogP contribution in [0.5, 0.6) is 5.75 Å². The van der Waals surface area contributed by atoms with Gasteiger partial charge in [-0.1, -0.05) is 42.3 Å². The Kier molecular flexibility index (Phi) is 5.13. The molecule has 2 aromatic heterocycles. The summed E-state index contributed by atoms with van der Waals surface area (Å²) in [7, 11) is 1.65. The fraction of sp³-hybridized carbons (Fsp3) is 0.0833. The first-order valence-electron chi connectivity index (χ1n) is 9.65. The zero-order valence-corrected chi connectivity index (χ0v) is 17.5. The number of tetrazole rings is 1. The van der Waals surface area contributed by atoms with E-state index in [2.05, 4.69) is 38.3 Å². The van der Waals surface area contributed by atoms with Gasteiger partial charge in [0, 0.05) is 11.1 Å². The Hall–Kier alpha value is -4.02. The van der Waals surface area contributed by atoms with Crippen LogP contribution >= 0.6 is 11.3 Å². The van der Waals surface area contributed by atoms with Crippen LogP contribution in [0.1, 0.15) is 16.1 Å². The molecule has 0 spiro atoms. The summed E-state index contributed by atoms with van der Waals surface area (Å²) in [5.41, 5.74) is 3.80. The smallest absolute Gasteiger partial charge is 0.204 e. The maximum Gasteiger partial charge on any atom is 0.204 e. The highest BCUT2D eigenvalue weighted by molar-refractivity contribution is 7.19. The van der Waals surface area contributed by atoms with Crippen LogP contribution < -0.4 is 4.74 Å². The van der Waals surface area contributed by atoms with E-state index >= 15 is 0 Å². The van der Waals surface area contributed by atoms with Gasteiger partial charge in [0.25, 0.3) is 0 Å². The van der Waals surface area contributed by atoms with Crippen LogP contribution in [-0.2, 0) is 6.54 Å². The first-order chi connectivity index (χ1) is 15.3. The Balaban J connectivity index is 1.34. The van der Waals surface area contributed by atoms with Crippen molar-refractivity contribution in [1.29, 1.82) is 0 Å². The summed E-state index contributed by atoms with van der Waals surface area (Å²) >= 11 is 1.59. The Morgan fingerprint density at radius 3 is 2.68 bits per heavy atom. The highest BCUT2D eigenvalue weighted by Crippen LogP contribution is 2.21. The molecule has 0 saturated carbocycles. The van der Waals surface area contributed by atoms with E-state index in [-0.39, 0.29) is 0 Å². The van der Waals surface area contributed by atoms with Crippen LogP contribution in [-0.4, -0.2) is 32.3 Å². The molecule has 31 heavy (non-hydrogen) atoms. The van der Waals surface area contributed by atoms with E-state index < -0.39 is 0 Å². The maximum atomic E-state index is 5.19. The van der Waals surface area contributed by atoms with Crippen LogP contribution in [0.25, 0.3) is 21.6 Å². The van der Waals surface area contributed by atoms with E-state index in [1.165, 1.54) is 0 Å². The third-order valence-electron chi connectivity index (χ3n) is 4.66. The minimum absolute atomic E-state index is 0.536. The molecule has 6 nitrogen and oxygen atoms in total. The molecule has 0 atom stereocenters. The molecule has 2 heterocycles. The molecule has 5 aromatic rings. The van der Waals surface area contributed by atoms with Crippen LogP contribution in [0.3, 0.4) is 0 Å². The van der Waals surface area contributed by atoms with Gasteiger partial charge in [-0.15, -0.1) is 21.5 Å². The SMILES string of the molecule is COc1ccc(Cn2nnc(-c3cccc(C#Cc4nc5ccccc5s4)c3)n2)cc1. The van der Waals surface area contributed by atoms with Gasteiger partial charge in [0.05, 0.1) is 23.9 Å². The topological polar surface area (TPSA) is 65.7 Å². The zero-order chi connectivity index (χ0) is 21.0. The monoisotopic (exact) mass is 423 g/mol. The molecule has 0 aliphatic heterocycles. The molecule has 0 aliphatic carbocycles. The van der Waals surface area contributed by atoms with Gasteiger partial charge in [-0.25, -0.2) is 4.98 Å². The van der Waals surface area contributed by atoms with Gasteiger partial charge < -0.3 is 4.74 Å². The number of hydrogen-bond acceptors (Lipinski definition) is 6. The average Bonchev–Trinajstić information content (AvgIpc) is 3.45. The summed E-state index contributed by atoms with van der Waals surface area (Å²) in [5.74, 6) is 7.74. The Morgan fingerprint density at radius 1 is 0.968 bits per heavy atom. The molecule has 150 valence electrons. The van der Waals surface area contributed by atoms with Crippen molar-refractivity contribution in [3.05, 3.63) is 88.9 Å². The number of rotatable bonds is 4. The molecule has 5 rings (SSSR count). The number of nitrogens with zero attached hydrogens (tertiary/aromatic N) is 5. The molecule has 0 N–H and O–H groups in total. The highest BCUT2D eigenvalue weighted by Gasteiger charge is 2.07. The number of methoxy groups -OCH3 is 1. The van der Waals surface area contributed by atoms with E-state index in [4.69, 9.17) is 4.74 Å². The van der Waals surface area contributed by atoms with E-state index in [1.54, 1.807) is 23.2 Å². The minimum atomic E-state index is 0.536. The number of fused-ring (bicyclic) bond motifs is 1. The Morgan fingerprint density at radius 2 is 1.84 bits per heavy atom. The fourth-order valence-corrected chi connectivity index (χ4v) is 3.93. The fourth-order valence-electron chi connectivity index (χ4n) is 3.11. The second-order valence-corrected chi connectivity index (χ2v) is 7.84. The van der Waals surface area contributed by atoms with Gasteiger partial charge in [0.15, 0.2) is 5.01 Å². The molecule has 0 amide bonds. The van der Waals surface area contributed by atoms with Crippen molar-refractivity contribution in [2.75, 3.05) is 7.11 Å². The van der Waals surface area contributed by atoms with Crippen molar-refractivity contribution in [1.82, 2.24) is 25.2 Å². The normalized spacial score (nSPS) is 10.6. The minimum Gasteiger partial charge on any atom is -0.497 e. The van der Waals surface area contributed by atoms with Crippen LogP contribution in [0, 0.1) is 11.8 Å². The van der Waals surface area contributed by atoms with E-state index in [0.717, 1.165) is 37.7 Å². The lowest BCUT2D eigenvalue weighted by Gasteiger charge is -2.02. The molecule has 0 bridgehead atoms. The van der Waals surface area contributed by atoms with Gasteiger partial charge in [-0.2, -0.15) is 4.80 Å². The number of aromatic nitrogens is 5. The summed E-state index contributed by atoms with van der Waals surface area (Å²) in [6.07, 6.45) is 0. The third kappa shape index (κ3) is 4.29. The van der Waals surface area contributed by atoms with Crippen LogP contribution in [0.4, 0.5) is 0 Å². The summed E-state index contributed by atoms with van der Waals surface area (Å²) in [4.78, 5) is 6.14. The molecule has 0 unspecified atom stereocenters. The third-order valence-corrected chi connectivity index (χ3v) is 5.62. The highest BCUT2D eigenvalue weighted by atomic mass is 32.1. The first kappa shape index (κ1) is 19.0. The van der Waals surface area contributed by atoms with E-state index in [9.17, 15) is 0 Å². The lowest BCUT2D eigenvalue weighted by Crippen LogP contribution is -2.04. The molecular formula is C24H17N5OS. The van der Waals surface area contributed by atoms with Crippen molar-refractivity contribution in [3.8, 4) is 29.0 Å². The standard InChI is InChI=1S/C24H17N5OS/c1-30-20-12-9-18(10-13-20)16-29-27-24(26-28-29)19-6-4-5-17(15-19)11-14-23-25-21-7-2-3-8-22(21)31-23/h2-10,12-13,15H,16H2,1H3. The predicted octanol–water partition coefficient (Wildman–Crippen LogP) is 4.41. The molecule has 0 fully saturated rings. The van der Waals surface area contributed by atoms with Gasteiger partial charge in [-0.3, -0.25) is 0 Å². The lowest BCUT2D eigenvalue weighted by atomic mass is 10.1. The van der Waals surface area contributed by atoms with Crippen molar-refractivity contribution in [2.45, 2.75) is 6.54 Å². The van der Waals surface area contributed by atoms with E-state index in [1.807, 2.05) is 66.7 Å². The number of hydrogen-bond donors (Lipinski definition) is 0. The molecule has 7 heteroatoms. The zero-order valence-electron chi connectivity index (χ0n) is 16.7. The average molecular weight is 424 g/mol. The van der Waals surface area contributed by atoms with E-state index in [0.29, 0.717) is 12.4 Å². The van der Waals surface area contributed by atoms with Gasteiger partial charge >= 0.3 is 0 Å². The Labute approximate surface area is 183 Å². The van der Waals surface area contributed by atoms with Crippen molar-refractivity contribution < 1.29 is 4.74 Å². The summed E-state index contributed by atoms with van der Waals surface area (Å²) in [6.45, 7) is 0.536. The van der Waals surface area contributed by atoms with Crippen LogP contribution in [0.2, 0.25) is 0 Å². The summed E-state index contributed by atoms with van der Waals surface area (Å²) in [6, 6.07) is 23.7. The molecule has 0 saturated heterocycles. The van der Waals surface area contributed by atoms with Gasteiger partial charge in [0.2, 0.25) is 5.82 Å². The van der Waals surface area contributed by atoms with Crippen molar-refractivity contribution in [3.63, 3.8) is 0 Å². The summed E-state index contributed by atoms with van der Waals surface area (Å²) < 4.78 is 6.33. The molecule has 0 aliphatic rings. The number of benzene rings is 3. The predicted molar refractivity (Wildman–Crippen MR) is 121 cm³/mol. The van der Waals surface area contributed by atoms with Crippen molar-refractivity contribution in [2.24, 2.45) is 0 Å². The van der Waals surface area contributed by atoms with Gasteiger partial charge in [0.1, 0.15) is 5.75 Å². The second-order valence-electron chi connectivity index (χ2n) is 6.81. The largest absolute Gasteiger partial charge is 0.497 e. The number of ether oxygens (including phenoxy) is 1. The maximum absolute atomic E-state index is 5.19. The lowest BCUT2D eigenvalue weighted by molar-refractivity contribution is 0.414. The first-order valence-corrected chi connectivity index (χ1v) is 10.5. The van der Waals surface area contributed by atoms with Gasteiger partial charge in [-0.05, 0) is 53.1 Å². The summed E-state index contributed by atoms with van der Waals surface area (Å²) in [5, 5.41) is 13.7. The van der Waals surface area contributed by atoms with Crippen molar-refractivity contribution >= 4 is 21.6 Å². The van der Waals surface area contributed by atoms with Crippen LogP contribution in [0.15, 0.2) is 72.8 Å². The molecule has 0 radical (unpaired) electrons. The molecule has 3 aromatic carbocycles. The second kappa shape index (κ2) is 8.38. The Bertz CT molecular complexity index is 1380. The number of thiazole rings is 1. The quantitative estimate of drug-likeness (QED) is 0.401. The number of para-hydroxylation sites is 1. The molecular weight excluding hydrogens is 406 g/mol.